The van der Waals surface area contributed by atoms with Crippen molar-refractivity contribution in [1.29, 1.82) is 5.26 Å². The Balaban J connectivity index is 1.88. The number of fused-ring (bicyclic) bond motifs is 3. The van der Waals surface area contributed by atoms with Gasteiger partial charge in [-0.2, -0.15) is 5.26 Å². The zero-order chi connectivity index (χ0) is 19.0. The van der Waals surface area contributed by atoms with E-state index >= 15 is 0 Å². The Bertz CT molecular complexity index is 928. The first kappa shape index (κ1) is 17.6. The van der Waals surface area contributed by atoms with Gasteiger partial charge in [0.1, 0.15) is 0 Å². The molecule has 2 aromatic carbocycles. The van der Waals surface area contributed by atoms with Crippen molar-refractivity contribution in [3.05, 3.63) is 58.7 Å². The number of hydrogen-bond donors (Lipinski definition) is 1. The third-order valence-electron chi connectivity index (χ3n) is 5.58. The quantitative estimate of drug-likeness (QED) is 0.908. The lowest BCUT2D eigenvalue weighted by atomic mass is 9.74. The van der Waals surface area contributed by atoms with Gasteiger partial charge < -0.3 is 14.6 Å². The average molecular weight is 362 g/mol. The molecule has 0 saturated heterocycles. The van der Waals surface area contributed by atoms with Gasteiger partial charge in [-0.15, -0.1) is 0 Å². The van der Waals surface area contributed by atoms with Gasteiger partial charge in [-0.25, -0.2) is 0 Å². The highest BCUT2D eigenvalue weighted by molar-refractivity contribution is 6.15. The van der Waals surface area contributed by atoms with Crippen LogP contribution in [-0.2, 0) is 0 Å². The number of rotatable bonds is 3. The third kappa shape index (κ3) is 3.07. The van der Waals surface area contributed by atoms with Crippen LogP contribution in [0.3, 0.4) is 0 Å². The molecule has 0 radical (unpaired) electrons. The minimum Gasteiger partial charge on any atom is -0.493 e. The molecule has 27 heavy (non-hydrogen) atoms. The van der Waals surface area contributed by atoms with E-state index in [-0.39, 0.29) is 18.1 Å². The SMILES string of the molecule is COc1cc2c(cc1OC)C1CCC(O)CC1N=C2c1ccc(C#N)cc1. The van der Waals surface area contributed by atoms with E-state index in [1.54, 1.807) is 26.4 Å². The van der Waals surface area contributed by atoms with Gasteiger partial charge in [-0.3, -0.25) is 4.99 Å². The van der Waals surface area contributed by atoms with Crippen LogP contribution < -0.4 is 9.47 Å². The van der Waals surface area contributed by atoms with Crippen molar-refractivity contribution in [2.45, 2.75) is 37.3 Å². The fourth-order valence-electron chi connectivity index (χ4n) is 4.21. The molecule has 138 valence electrons. The number of hydrogen-bond acceptors (Lipinski definition) is 5. The molecule has 2 aliphatic rings. The molecule has 4 rings (SSSR count). The van der Waals surface area contributed by atoms with Crippen molar-refractivity contribution in [3.63, 3.8) is 0 Å². The van der Waals surface area contributed by atoms with Crippen molar-refractivity contribution < 1.29 is 14.6 Å². The standard InChI is InChI=1S/C22H22N2O3/c1-26-20-10-17-16-8-7-15(25)9-19(16)24-22(18(17)11-21(20)27-2)14-5-3-13(12-23)4-6-14/h3-6,10-11,15-16,19,25H,7-9H2,1-2H3. The van der Waals surface area contributed by atoms with Gasteiger partial charge >= 0.3 is 0 Å². The predicted octanol–water partition coefficient (Wildman–Crippen LogP) is 3.42. The molecule has 0 spiro atoms. The fourth-order valence-corrected chi connectivity index (χ4v) is 4.21. The van der Waals surface area contributed by atoms with E-state index in [9.17, 15) is 5.11 Å². The topological polar surface area (TPSA) is 74.8 Å². The van der Waals surface area contributed by atoms with E-state index in [0.717, 1.165) is 29.7 Å². The summed E-state index contributed by atoms with van der Waals surface area (Å²) in [6.45, 7) is 0. The molecule has 1 aliphatic carbocycles. The van der Waals surface area contributed by atoms with Crippen LogP contribution in [0.25, 0.3) is 0 Å². The largest absolute Gasteiger partial charge is 0.493 e. The van der Waals surface area contributed by atoms with Crippen LogP contribution >= 0.6 is 0 Å². The molecule has 0 amide bonds. The summed E-state index contributed by atoms with van der Waals surface area (Å²) in [6.07, 6.45) is 2.05. The van der Waals surface area contributed by atoms with Gasteiger partial charge in [0.25, 0.3) is 0 Å². The van der Waals surface area contributed by atoms with Gasteiger partial charge in [-0.05, 0) is 49.1 Å². The summed E-state index contributed by atoms with van der Waals surface area (Å²) in [5, 5.41) is 19.2. The van der Waals surface area contributed by atoms with Crippen molar-refractivity contribution in [1.82, 2.24) is 0 Å². The highest BCUT2D eigenvalue weighted by Gasteiger charge is 2.37. The molecule has 1 aliphatic heterocycles. The highest BCUT2D eigenvalue weighted by atomic mass is 16.5. The van der Waals surface area contributed by atoms with E-state index in [1.807, 2.05) is 18.2 Å². The van der Waals surface area contributed by atoms with Crippen LogP contribution in [0, 0.1) is 11.3 Å². The fraction of sp³-hybridized carbons (Fsp3) is 0.364. The monoisotopic (exact) mass is 362 g/mol. The summed E-state index contributed by atoms with van der Waals surface area (Å²) in [4.78, 5) is 5.03. The van der Waals surface area contributed by atoms with Crippen LogP contribution in [0.15, 0.2) is 41.4 Å². The molecular weight excluding hydrogens is 340 g/mol. The molecule has 2 aromatic rings. The van der Waals surface area contributed by atoms with Gasteiger partial charge in [0, 0.05) is 17.0 Å². The summed E-state index contributed by atoms with van der Waals surface area (Å²) in [7, 11) is 3.27. The first-order valence-corrected chi connectivity index (χ1v) is 9.17. The Hall–Kier alpha value is -2.84. The van der Waals surface area contributed by atoms with Crippen molar-refractivity contribution in [2.24, 2.45) is 4.99 Å². The normalized spacial score (nSPS) is 23.5. The number of aliphatic imine (C=N–C) groups is 1. The molecule has 5 nitrogen and oxygen atoms in total. The summed E-state index contributed by atoms with van der Waals surface area (Å²) >= 11 is 0. The molecule has 3 atom stereocenters. The minimum absolute atomic E-state index is 0.0463. The van der Waals surface area contributed by atoms with E-state index in [4.69, 9.17) is 19.7 Å². The number of nitriles is 1. The minimum atomic E-state index is -0.307. The van der Waals surface area contributed by atoms with Crippen LogP contribution in [0.5, 0.6) is 11.5 Å². The van der Waals surface area contributed by atoms with Gasteiger partial charge in [0.2, 0.25) is 0 Å². The number of benzene rings is 2. The summed E-state index contributed by atoms with van der Waals surface area (Å²) in [5.74, 6) is 1.65. The second-order valence-electron chi connectivity index (χ2n) is 7.10. The lowest BCUT2D eigenvalue weighted by Crippen LogP contribution is -2.34. The van der Waals surface area contributed by atoms with E-state index in [2.05, 4.69) is 12.1 Å². The summed E-state index contributed by atoms with van der Waals surface area (Å²) in [6, 6.07) is 13.7. The third-order valence-corrected chi connectivity index (χ3v) is 5.58. The Morgan fingerprint density at radius 3 is 2.44 bits per heavy atom. The second kappa shape index (κ2) is 7.05. The molecule has 1 heterocycles. The molecule has 5 heteroatoms. The van der Waals surface area contributed by atoms with Gasteiger partial charge in [0.05, 0.1) is 43.7 Å². The Morgan fingerprint density at radius 1 is 1.07 bits per heavy atom. The van der Waals surface area contributed by atoms with Crippen LogP contribution in [-0.4, -0.2) is 37.2 Å². The zero-order valence-electron chi connectivity index (χ0n) is 15.5. The zero-order valence-corrected chi connectivity index (χ0v) is 15.5. The Labute approximate surface area is 158 Å². The number of nitrogens with zero attached hydrogens (tertiary/aromatic N) is 2. The number of methoxy groups -OCH3 is 2. The molecule has 0 aromatic heterocycles. The van der Waals surface area contributed by atoms with Crippen LogP contribution in [0.1, 0.15) is 47.4 Å². The molecular formula is C22H22N2O3. The summed E-state index contributed by atoms with van der Waals surface area (Å²) in [5.41, 5.74) is 4.69. The Kier molecular flexibility index (Phi) is 4.59. The molecule has 3 unspecified atom stereocenters. The van der Waals surface area contributed by atoms with E-state index in [0.29, 0.717) is 23.5 Å². The Morgan fingerprint density at radius 2 is 1.78 bits per heavy atom. The molecule has 1 fully saturated rings. The number of ether oxygens (including phenoxy) is 2. The van der Waals surface area contributed by atoms with Crippen molar-refractivity contribution in [3.8, 4) is 17.6 Å². The first-order chi connectivity index (χ1) is 13.1. The second-order valence-corrected chi connectivity index (χ2v) is 7.10. The lowest BCUT2D eigenvalue weighted by molar-refractivity contribution is 0.111. The van der Waals surface area contributed by atoms with Crippen molar-refractivity contribution in [2.75, 3.05) is 14.2 Å². The van der Waals surface area contributed by atoms with Crippen LogP contribution in [0.4, 0.5) is 0 Å². The highest BCUT2D eigenvalue weighted by Crippen LogP contribution is 2.44. The average Bonchev–Trinajstić information content (AvgIpc) is 2.71. The maximum absolute atomic E-state index is 10.2. The predicted molar refractivity (Wildman–Crippen MR) is 103 cm³/mol. The maximum Gasteiger partial charge on any atom is 0.161 e. The van der Waals surface area contributed by atoms with Crippen LogP contribution in [0.2, 0.25) is 0 Å². The molecule has 0 bridgehead atoms. The lowest BCUT2D eigenvalue weighted by Gasteiger charge is -2.37. The number of aliphatic hydroxyl groups is 1. The van der Waals surface area contributed by atoms with E-state index in [1.165, 1.54) is 5.56 Å². The maximum atomic E-state index is 10.2. The summed E-state index contributed by atoms with van der Waals surface area (Å²) < 4.78 is 11.0. The van der Waals surface area contributed by atoms with Crippen molar-refractivity contribution >= 4 is 5.71 Å². The van der Waals surface area contributed by atoms with E-state index < -0.39 is 0 Å². The molecule has 1 N–H and O–H groups in total. The smallest absolute Gasteiger partial charge is 0.161 e. The first-order valence-electron chi connectivity index (χ1n) is 9.17. The van der Waals surface area contributed by atoms with Gasteiger partial charge in [-0.1, -0.05) is 12.1 Å². The number of aliphatic hydroxyl groups excluding tert-OH is 1. The molecule has 1 saturated carbocycles. The van der Waals surface area contributed by atoms with Gasteiger partial charge in [0.15, 0.2) is 11.5 Å².